The van der Waals surface area contributed by atoms with Crippen LogP contribution in [0.3, 0.4) is 0 Å². The summed E-state index contributed by atoms with van der Waals surface area (Å²) in [5.41, 5.74) is 2.45. The lowest BCUT2D eigenvalue weighted by molar-refractivity contribution is -0.145. The predicted octanol–water partition coefficient (Wildman–Crippen LogP) is 4.53. The molecule has 1 heterocycles. The van der Waals surface area contributed by atoms with Crippen LogP contribution in [0.15, 0.2) is 58.8 Å². The largest absolute Gasteiger partial charge is 0.496 e. The molecule has 0 radical (unpaired) electrons. The highest BCUT2D eigenvalue weighted by atomic mass is 32.2. The minimum Gasteiger partial charge on any atom is -0.496 e. The number of hydrogen-bond donors (Lipinski definition) is 0. The quantitative estimate of drug-likeness (QED) is 0.369. The third-order valence-electron chi connectivity index (χ3n) is 5.15. The highest BCUT2D eigenvalue weighted by Gasteiger charge is 2.21. The van der Waals surface area contributed by atoms with Gasteiger partial charge in [0.25, 0.3) is 0 Å². The summed E-state index contributed by atoms with van der Waals surface area (Å²) in [4.78, 5) is 17.0. The number of ether oxygens (including phenoxy) is 2. The van der Waals surface area contributed by atoms with Gasteiger partial charge in [-0.2, -0.15) is 4.31 Å². The zero-order valence-electron chi connectivity index (χ0n) is 19.0. The number of rotatable bonds is 11. The van der Waals surface area contributed by atoms with E-state index in [0.717, 1.165) is 21.9 Å². The van der Waals surface area contributed by atoms with Crippen molar-refractivity contribution in [2.75, 3.05) is 20.2 Å². The van der Waals surface area contributed by atoms with Gasteiger partial charge in [0.15, 0.2) is 0 Å². The lowest BCUT2D eigenvalue weighted by atomic mass is 10.1. The maximum absolute atomic E-state index is 12.6. The molecule has 0 atom stereocenters. The molecule has 176 valence electrons. The highest BCUT2D eigenvalue weighted by molar-refractivity contribution is 7.89. The molecule has 0 amide bonds. The molecule has 0 fully saturated rings. The van der Waals surface area contributed by atoms with Crippen molar-refractivity contribution in [3.63, 3.8) is 0 Å². The van der Waals surface area contributed by atoms with Gasteiger partial charge in [0.1, 0.15) is 17.4 Å². The van der Waals surface area contributed by atoms with E-state index in [1.807, 2.05) is 43.5 Å². The van der Waals surface area contributed by atoms with Crippen molar-refractivity contribution in [2.24, 2.45) is 0 Å². The molecule has 0 saturated heterocycles. The van der Waals surface area contributed by atoms with Crippen molar-refractivity contribution in [3.8, 4) is 16.3 Å². The minimum absolute atomic E-state index is 0.103. The van der Waals surface area contributed by atoms with E-state index in [1.165, 1.54) is 15.6 Å². The lowest BCUT2D eigenvalue weighted by Crippen LogP contribution is -2.30. The minimum atomic E-state index is -3.48. The highest BCUT2D eigenvalue weighted by Crippen LogP contribution is 2.32. The molecule has 0 spiro atoms. The van der Waals surface area contributed by atoms with Gasteiger partial charge in [-0.15, -0.1) is 11.3 Å². The summed E-state index contributed by atoms with van der Waals surface area (Å²) in [5.74, 6) is 0.410. The molecule has 9 heteroatoms. The number of nitrogens with zero attached hydrogens (tertiary/aromatic N) is 2. The summed E-state index contributed by atoms with van der Waals surface area (Å²) in [5, 5.41) is 2.67. The van der Waals surface area contributed by atoms with Crippen LogP contribution in [-0.2, 0) is 32.6 Å². The topological polar surface area (TPSA) is 85.8 Å². The number of para-hydroxylation sites is 1. The first-order valence-electron chi connectivity index (χ1n) is 10.7. The normalized spacial score (nSPS) is 11.5. The van der Waals surface area contributed by atoms with Crippen molar-refractivity contribution in [1.29, 1.82) is 0 Å². The second-order valence-electron chi connectivity index (χ2n) is 7.24. The van der Waals surface area contributed by atoms with E-state index in [-0.39, 0.29) is 23.9 Å². The maximum atomic E-state index is 12.6. The average Bonchev–Trinajstić information content (AvgIpc) is 3.31. The van der Waals surface area contributed by atoms with E-state index < -0.39 is 10.0 Å². The molecule has 0 saturated carbocycles. The van der Waals surface area contributed by atoms with Crippen LogP contribution < -0.4 is 4.74 Å². The van der Waals surface area contributed by atoms with Crippen molar-refractivity contribution >= 4 is 27.3 Å². The van der Waals surface area contributed by atoms with E-state index >= 15 is 0 Å². The number of hydrogen-bond acceptors (Lipinski definition) is 7. The second kappa shape index (κ2) is 11.4. The Morgan fingerprint density at radius 2 is 1.76 bits per heavy atom. The number of benzene rings is 2. The van der Waals surface area contributed by atoms with Crippen molar-refractivity contribution < 1.29 is 22.7 Å². The molecule has 3 aromatic rings. The molecular weight excluding hydrogens is 460 g/mol. The van der Waals surface area contributed by atoms with E-state index in [9.17, 15) is 13.2 Å². The van der Waals surface area contributed by atoms with Gasteiger partial charge in [-0.05, 0) is 36.2 Å². The Bertz CT molecular complexity index is 1170. The summed E-state index contributed by atoms with van der Waals surface area (Å²) >= 11 is 1.47. The molecule has 1 aromatic heterocycles. The van der Waals surface area contributed by atoms with Crippen LogP contribution >= 0.6 is 11.3 Å². The van der Waals surface area contributed by atoms with Crippen LogP contribution in [0, 0.1) is 0 Å². The number of thiazole rings is 1. The third-order valence-corrected chi connectivity index (χ3v) is 8.14. The van der Waals surface area contributed by atoms with Gasteiger partial charge in [0, 0.05) is 24.9 Å². The number of carbonyl (C=O) groups is 1. The first kappa shape index (κ1) is 24.9. The van der Waals surface area contributed by atoms with Crippen LogP contribution in [0.25, 0.3) is 10.6 Å². The van der Waals surface area contributed by atoms with Gasteiger partial charge in [-0.1, -0.05) is 38.1 Å². The molecule has 3 rings (SSSR count). The number of aryl methyl sites for hydroxylation is 1. The molecule has 7 nitrogen and oxygen atoms in total. The number of esters is 1. The van der Waals surface area contributed by atoms with Crippen LogP contribution in [0.2, 0.25) is 0 Å². The Kier molecular flexibility index (Phi) is 8.60. The Morgan fingerprint density at radius 3 is 2.42 bits per heavy atom. The fraction of sp³-hybridized carbons (Fsp3) is 0.333. The second-order valence-corrected chi connectivity index (χ2v) is 10.0. The van der Waals surface area contributed by atoms with Gasteiger partial charge in [0.2, 0.25) is 10.0 Å². The molecule has 33 heavy (non-hydrogen) atoms. The van der Waals surface area contributed by atoms with E-state index in [0.29, 0.717) is 25.2 Å². The third kappa shape index (κ3) is 6.19. The van der Waals surface area contributed by atoms with Gasteiger partial charge >= 0.3 is 5.97 Å². The van der Waals surface area contributed by atoms with Gasteiger partial charge in [0.05, 0.1) is 23.3 Å². The lowest BCUT2D eigenvalue weighted by Gasteiger charge is -2.18. The van der Waals surface area contributed by atoms with Crippen LogP contribution in [0.4, 0.5) is 0 Å². The number of methoxy groups -OCH3 is 1. The fourth-order valence-electron chi connectivity index (χ4n) is 3.33. The Balaban J connectivity index is 1.52. The standard InChI is InChI=1S/C24H28N2O5S2/c1-4-26(5-2)33(28,29)20-13-10-18(11-14-20)12-15-23(27)31-16-19-17-32-24(25-19)21-8-6-7-9-22(21)30-3/h6-11,13-14,17H,4-5,12,15-16H2,1-3H3. The Hall–Kier alpha value is -2.75. The van der Waals surface area contributed by atoms with Crippen LogP contribution in [0.1, 0.15) is 31.5 Å². The summed E-state index contributed by atoms with van der Waals surface area (Å²) in [6.07, 6.45) is 0.666. The molecule has 0 bridgehead atoms. The molecule has 0 N–H and O–H groups in total. The van der Waals surface area contributed by atoms with Crippen molar-refractivity contribution in [1.82, 2.24) is 9.29 Å². The molecule has 2 aromatic carbocycles. The molecule has 0 aliphatic rings. The zero-order chi connectivity index (χ0) is 23.8. The smallest absolute Gasteiger partial charge is 0.306 e. The summed E-state index contributed by atoms with van der Waals surface area (Å²) in [7, 11) is -1.87. The van der Waals surface area contributed by atoms with Gasteiger partial charge in [-0.3, -0.25) is 4.79 Å². The zero-order valence-corrected chi connectivity index (χ0v) is 20.6. The summed E-state index contributed by atoms with van der Waals surface area (Å²) < 4.78 is 37.3. The van der Waals surface area contributed by atoms with E-state index in [2.05, 4.69) is 4.98 Å². The predicted molar refractivity (Wildman–Crippen MR) is 129 cm³/mol. The molecule has 0 unspecified atom stereocenters. The summed E-state index contributed by atoms with van der Waals surface area (Å²) in [6, 6.07) is 14.3. The summed E-state index contributed by atoms with van der Waals surface area (Å²) in [6.45, 7) is 4.57. The average molecular weight is 489 g/mol. The van der Waals surface area contributed by atoms with Crippen molar-refractivity contribution in [2.45, 2.75) is 38.2 Å². The number of carbonyl (C=O) groups excluding carboxylic acids is 1. The SMILES string of the molecule is CCN(CC)S(=O)(=O)c1ccc(CCC(=O)OCc2csc(-c3ccccc3OC)n2)cc1. The number of sulfonamides is 1. The first-order chi connectivity index (χ1) is 15.9. The molecule has 0 aliphatic carbocycles. The molecular formula is C24H28N2O5S2. The first-order valence-corrected chi connectivity index (χ1v) is 13.0. The van der Waals surface area contributed by atoms with Gasteiger partial charge < -0.3 is 9.47 Å². The van der Waals surface area contributed by atoms with Crippen LogP contribution in [-0.4, -0.2) is 43.9 Å². The maximum Gasteiger partial charge on any atom is 0.306 e. The fourth-order valence-corrected chi connectivity index (χ4v) is 5.62. The van der Waals surface area contributed by atoms with Crippen LogP contribution in [0.5, 0.6) is 5.75 Å². The Labute approximate surface area is 199 Å². The van der Waals surface area contributed by atoms with Gasteiger partial charge in [-0.25, -0.2) is 13.4 Å². The van der Waals surface area contributed by atoms with E-state index in [4.69, 9.17) is 9.47 Å². The Morgan fingerprint density at radius 1 is 1.06 bits per heavy atom. The monoisotopic (exact) mass is 488 g/mol. The van der Waals surface area contributed by atoms with E-state index in [1.54, 1.807) is 31.4 Å². The number of aromatic nitrogens is 1. The molecule has 0 aliphatic heterocycles. The van der Waals surface area contributed by atoms with Crippen molar-refractivity contribution in [3.05, 3.63) is 65.2 Å².